The van der Waals surface area contributed by atoms with Gasteiger partial charge in [-0.25, -0.2) is 4.98 Å². The number of aromatic hydroxyl groups is 1. The van der Waals surface area contributed by atoms with Gasteiger partial charge in [-0.3, -0.25) is 4.79 Å². The van der Waals surface area contributed by atoms with Crippen LogP contribution < -0.4 is 5.32 Å². The highest BCUT2D eigenvalue weighted by Crippen LogP contribution is 2.33. The lowest BCUT2D eigenvalue weighted by Crippen LogP contribution is -2.07. The lowest BCUT2D eigenvalue weighted by molar-refractivity contribution is -0.111. The van der Waals surface area contributed by atoms with Crippen molar-refractivity contribution in [3.63, 3.8) is 0 Å². The SMILES string of the molecule is O=C(/C=C\c1ccc(Cl)cc1)Nc1ccc(-c2nc3cc(Cl)ccc3o2)c(O)c1. The number of fused-ring (bicyclic) bond motifs is 1. The van der Waals surface area contributed by atoms with Crippen molar-refractivity contribution in [2.75, 3.05) is 5.32 Å². The van der Waals surface area contributed by atoms with E-state index in [0.717, 1.165) is 5.56 Å². The Hall–Kier alpha value is -3.28. The molecule has 5 nitrogen and oxygen atoms in total. The topological polar surface area (TPSA) is 75.4 Å². The van der Waals surface area contributed by atoms with Crippen LogP contribution in [0.25, 0.3) is 28.6 Å². The van der Waals surface area contributed by atoms with Crippen LogP contribution in [0.1, 0.15) is 5.56 Å². The summed E-state index contributed by atoms with van der Waals surface area (Å²) >= 11 is 11.8. The van der Waals surface area contributed by atoms with Crippen LogP contribution in [0, 0.1) is 0 Å². The molecule has 0 atom stereocenters. The number of carbonyl (C=O) groups is 1. The number of nitrogens with one attached hydrogen (secondary N) is 1. The second kappa shape index (κ2) is 7.99. The Labute approximate surface area is 176 Å². The van der Waals surface area contributed by atoms with Gasteiger partial charge in [0.2, 0.25) is 11.8 Å². The van der Waals surface area contributed by atoms with Gasteiger partial charge in [0.25, 0.3) is 0 Å². The van der Waals surface area contributed by atoms with Crippen molar-refractivity contribution >= 4 is 52.0 Å². The summed E-state index contributed by atoms with van der Waals surface area (Å²) in [7, 11) is 0. The molecule has 0 aliphatic carbocycles. The maximum atomic E-state index is 12.1. The largest absolute Gasteiger partial charge is 0.507 e. The molecule has 144 valence electrons. The molecule has 3 aromatic carbocycles. The third kappa shape index (κ3) is 4.42. The van der Waals surface area contributed by atoms with Crippen molar-refractivity contribution in [2.24, 2.45) is 0 Å². The highest BCUT2D eigenvalue weighted by Gasteiger charge is 2.13. The molecule has 0 radical (unpaired) electrons. The molecule has 0 aliphatic rings. The molecule has 29 heavy (non-hydrogen) atoms. The van der Waals surface area contributed by atoms with Crippen LogP contribution in [0.4, 0.5) is 5.69 Å². The smallest absolute Gasteiger partial charge is 0.248 e. The van der Waals surface area contributed by atoms with Gasteiger partial charge < -0.3 is 14.8 Å². The van der Waals surface area contributed by atoms with E-state index >= 15 is 0 Å². The van der Waals surface area contributed by atoms with E-state index in [1.54, 1.807) is 60.7 Å². The summed E-state index contributed by atoms with van der Waals surface area (Å²) < 4.78 is 5.67. The number of amides is 1. The van der Waals surface area contributed by atoms with Crippen molar-refractivity contribution in [1.29, 1.82) is 0 Å². The number of carbonyl (C=O) groups excluding carboxylic acids is 1. The first-order chi connectivity index (χ1) is 14.0. The fourth-order valence-corrected chi connectivity index (χ4v) is 3.03. The summed E-state index contributed by atoms with van der Waals surface area (Å²) in [5, 5.41) is 14.2. The van der Waals surface area contributed by atoms with Crippen LogP contribution >= 0.6 is 23.2 Å². The number of benzene rings is 3. The molecule has 0 saturated carbocycles. The second-order valence-corrected chi connectivity index (χ2v) is 7.11. The molecule has 0 unspecified atom stereocenters. The van der Waals surface area contributed by atoms with E-state index in [9.17, 15) is 9.90 Å². The Morgan fingerprint density at radius 3 is 2.52 bits per heavy atom. The molecular formula is C22H14Cl2N2O3. The van der Waals surface area contributed by atoms with Crippen molar-refractivity contribution < 1.29 is 14.3 Å². The molecular weight excluding hydrogens is 411 g/mol. The summed E-state index contributed by atoms with van der Waals surface area (Å²) in [6, 6.07) is 16.9. The second-order valence-electron chi connectivity index (χ2n) is 6.24. The molecule has 0 bridgehead atoms. The van der Waals surface area contributed by atoms with Gasteiger partial charge in [0.05, 0.1) is 5.56 Å². The maximum Gasteiger partial charge on any atom is 0.248 e. The number of hydrogen-bond donors (Lipinski definition) is 2. The molecule has 7 heteroatoms. The standard InChI is InChI=1S/C22H14Cl2N2O3/c23-14-4-1-13(2-5-14)3-10-21(28)25-16-7-8-17(19(27)12-16)22-26-18-11-15(24)6-9-20(18)29-22/h1-12,27H,(H,25,28)/b10-3-. The molecule has 2 N–H and O–H groups in total. The van der Waals surface area contributed by atoms with Crippen LogP contribution in [-0.2, 0) is 4.79 Å². The summed E-state index contributed by atoms with van der Waals surface area (Å²) in [6.07, 6.45) is 3.07. The van der Waals surface area contributed by atoms with Crippen LogP contribution in [-0.4, -0.2) is 16.0 Å². The van der Waals surface area contributed by atoms with Crippen LogP contribution in [0.3, 0.4) is 0 Å². The summed E-state index contributed by atoms with van der Waals surface area (Å²) in [4.78, 5) is 16.5. The third-order valence-corrected chi connectivity index (χ3v) is 4.63. The minimum absolute atomic E-state index is 0.0675. The highest BCUT2D eigenvalue weighted by atomic mass is 35.5. The minimum atomic E-state index is -0.330. The van der Waals surface area contributed by atoms with Gasteiger partial charge >= 0.3 is 0 Å². The third-order valence-electron chi connectivity index (χ3n) is 4.14. The van der Waals surface area contributed by atoms with Crippen molar-refractivity contribution in [1.82, 2.24) is 4.98 Å². The van der Waals surface area contributed by atoms with Crippen molar-refractivity contribution in [2.45, 2.75) is 0 Å². The fraction of sp³-hybridized carbons (Fsp3) is 0. The van der Waals surface area contributed by atoms with E-state index in [0.29, 0.717) is 32.4 Å². The normalized spacial score (nSPS) is 11.2. The number of anilines is 1. The van der Waals surface area contributed by atoms with Gasteiger partial charge in [0, 0.05) is 27.9 Å². The average molecular weight is 425 g/mol. The van der Waals surface area contributed by atoms with E-state index < -0.39 is 0 Å². The van der Waals surface area contributed by atoms with Gasteiger partial charge in [-0.1, -0.05) is 35.3 Å². The number of aromatic nitrogens is 1. The molecule has 0 fully saturated rings. The fourth-order valence-electron chi connectivity index (χ4n) is 2.74. The van der Waals surface area contributed by atoms with E-state index in [4.69, 9.17) is 27.6 Å². The van der Waals surface area contributed by atoms with Gasteiger partial charge in [-0.2, -0.15) is 0 Å². The number of hydrogen-bond acceptors (Lipinski definition) is 4. The summed E-state index contributed by atoms with van der Waals surface area (Å²) in [5.41, 5.74) is 2.85. The van der Waals surface area contributed by atoms with Gasteiger partial charge in [-0.05, 0) is 54.1 Å². The number of oxazole rings is 1. The van der Waals surface area contributed by atoms with Crippen molar-refractivity contribution in [3.05, 3.63) is 82.3 Å². The number of halogens is 2. The Morgan fingerprint density at radius 2 is 1.76 bits per heavy atom. The molecule has 4 aromatic rings. The first-order valence-corrected chi connectivity index (χ1v) is 9.38. The van der Waals surface area contributed by atoms with E-state index in [2.05, 4.69) is 10.3 Å². The van der Waals surface area contributed by atoms with Crippen LogP contribution in [0.15, 0.2) is 71.2 Å². The zero-order chi connectivity index (χ0) is 20.4. The van der Waals surface area contributed by atoms with E-state index in [1.165, 1.54) is 12.1 Å². The lowest BCUT2D eigenvalue weighted by Gasteiger charge is -2.05. The summed E-state index contributed by atoms with van der Waals surface area (Å²) in [6.45, 7) is 0. The van der Waals surface area contributed by atoms with E-state index in [-0.39, 0.29) is 17.5 Å². The predicted octanol–water partition coefficient (Wildman–Crippen LogP) is 6.16. The predicted molar refractivity (Wildman–Crippen MR) is 115 cm³/mol. The first-order valence-electron chi connectivity index (χ1n) is 8.62. The van der Waals surface area contributed by atoms with Crippen LogP contribution in [0.2, 0.25) is 10.0 Å². The lowest BCUT2D eigenvalue weighted by atomic mass is 10.1. The highest BCUT2D eigenvalue weighted by molar-refractivity contribution is 6.31. The zero-order valence-corrected chi connectivity index (χ0v) is 16.4. The quantitative estimate of drug-likeness (QED) is 0.384. The molecule has 0 aliphatic heterocycles. The number of rotatable bonds is 4. The monoisotopic (exact) mass is 424 g/mol. The molecule has 0 spiro atoms. The van der Waals surface area contributed by atoms with Gasteiger partial charge in [0.15, 0.2) is 5.58 Å². The summed E-state index contributed by atoms with van der Waals surface area (Å²) in [5.74, 6) is -0.133. The van der Waals surface area contributed by atoms with Crippen LogP contribution in [0.5, 0.6) is 5.75 Å². The minimum Gasteiger partial charge on any atom is -0.507 e. The number of nitrogens with zero attached hydrogens (tertiary/aromatic N) is 1. The molecule has 4 rings (SSSR count). The van der Waals surface area contributed by atoms with Gasteiger partial charge in [0.1, 0.15) is 11.3 Å². The zero-order valence-electron chi connectivity index (χ0n) is 14.9. The first kappa shape index (κ1) is 19.1. The van der Waals surface area contributed by atoms with E-state index in [1.807, 2.05) is 0 Å². The van der Waals surface area contributed by atoms with Crippen molar-refractivity contribution in [3.8, 4) is 17.2 Å². The van der Waals surface area contributed by atoms with Gasteiger partial charge in [-0.15, -0.1) is 0 Å². The average Bonchev–Trinajstić information content (AvgIpc) is 3.10. The number of phenols is 1. The Morgan fingerprint density at radius 1 is 1.00 bits per heavy atom. The maximum absolute atomic E-state index is 12.1. The molecule has 1 amide bonds. The Kier molecular flexibility index (Phi) is 5.25. The molecule has 1 aromatic heterocycles. The molecule has 0 saturated heterocycles. The Bertz CT molecular complexity index is 1230. The Balaban J connectivity index is 1.50. The molecule has 1 heterocycles. The number of phenolic OH excluding ortho intramolecular Hbond substituents is 1.